The molecule has 0 aliphatic carbocycles. The first-order valence-electron chi connectivity index (χ1n) is 12.9. The van der Waals surface area contributed by atoms with Gasteiger partial charge in [-0.15, -0.1) is 0 Å². The van der Waals surface area contributed by atoms with Crippen LogP contribution < -0.4 is 15.5 Å². The zero-order valence-electron chi connectivity index (χ0n) is 20.8. The number of anilines is 4. The van der Waals surface area contributed by atoms with Crippen LogP contribution in [-0.2, 0) is 6.42 Å². The van der Waals surface area contributed by atoms with Crippen molar-refractivity contribution >= 4 is 45.8 Å². The number of benzene rings is 2. The van der Waals surface area contributed by atoms with Gasteiger partial charge >= 0.3 is 0 Å². The molecule has 0 amide bonds. The number of rotatable bonds is 10. The van der Waals surface area contributed by atoms with Crippen molar-refractivity contribution in [3.63, 3.8) is 0 Å². The topological polar surface area (TPSA) is 78.9 Å². The lowest BCUT2D eigenvalue weighted by Crippen LogP contribution is -2.31. The van der Waals surface area contributed by atoms with Crippen molar-refractivity contribution in [2.24, 2.45) is 0 Å². The Morgan fingerprint density at radius 3 is 2.57 bits per heavy atom. The third-order valence-corrected chi connectivity index (χ3v) is 6.74. The van der Waals surface area contributed by atoms with E-state index in [0.29, 0.717) is 11.0 Å². The molecule has 9 heteroatoms. The second-order valence-electron chi connectivity index (χ2n) is 9.31. The molecule has 0 spiro atoms. The van der Waals surface area contributed by atoms with E-state index in [4.69, 9.17) is 16.6 Å². The summed E-state index contributed by atoms with van der Waals surface area (Å²) in [6.45, 7) is 2.79. The average molecular weight is 520 g/mol. The Morgan fingerprint density at radius 1 is 0.892 bits per heavy atom. The van der Waals surface area contributed by atoms with Crippen LogP contribution in [0.15, 0.2) is 54.7 Å². The molecule has 192 valence electrons. The third-order valence-electron chi connectivity index (χ3n) is 6.51. The number of hydrogen-bond acceptors (Lipinski definition) is 7. The van der Waals surface area contributed by atoms with Gasteiger partial charge in [-0.3, -0.25) is 4.98 Å². The highest BCUT2D eigenvalue weighted by atomic mass is 35.5. The Morgan fingerprint density at radius 2 is 1.73 bits per heavy atom. The third kappa shape index (κ3) is 6.83. The van der Waals surface area contributed by atoms with Gasteiger partial charge in [0.05, 0.1) is 5.52 Å². The fraction of sp³-hybridized carbons (Fsp3) is 0.357. The summed E-state index contributed by atoms with van der Waals surface area (Å²) >= 11 is 6.10. The molecule has 0 atom stereocenters. The lowest BCUT2D eigenvalue weighted by molar-refractivity contribution is 0.565. The van der Waals surface area contributed by atoms with Gasteiger partial charge in [0.25, 0.3) is 0 Å². The lowest BCUT2D eigenvalue weighted by atomic mass is 10.1. The highest BCUT2D eigenvalue weighted by molar-refractivity contribution is 6.31. The minimum Gasteiger partial charge on any atom is -0.384 e. The Bertz CT molecular complexity index is 1330. The molecular formula is C28H31ClFN7. The number of aromatic nitrogens is 4. The van der Waals surface area contributed by atoms with E-state index >= 15 is 0 Å². The molecule has 4 aromatic rings. The van der Waals surface area contributed by atoms with E-state index in [9.17, 15) is 4.39 Å². The van der Waals surface area contributed by atoms with Gasteiger partial charge in [-0.25, -0.2) is 4.39 Å². The SMILES string of the molecule is Fc1ccc(Nc2nc(CCCCCNc3ccnc4cc(Cl)ccc34)nc(N3CCCCC3)n2)cc1. The maximum absolute atomic E-state index is 13.3. The molecule has 2 N–H and O–H groups in total. The Hall–Kier alpha value is -3.52. The van der Waals surface area contributed by atoms with Gasteiger partial charge < -0.3 is 15.5 Å². The van der Waals surface area contributed by atoms with E-state index in [-0.39, 0.29) is 5.82 Å². The number of aryl methyl sites for hydroxylation is 1. The number of nitrogens with one attached hydrogen (secondary N) is 2. The predicted molar refractivity (Wildman–Crippen MR) is 148 cm³/mol. The van der Waals surface area contributed by atoms with Crippen LogP contribution in [0.5, 0.6) is 0 Å². The summed E-state index contributed by atoms with van der Waals surface area (Å²) in [5.41, 5.74) is 2.71. The fourth-order valence-corrected chi connectivity index (χ4v) is 4.72. The van der Waals surface area contributed by atoms with Crippen LogP contribution in [0.25, 0.3) is 10.9 Å². The van der Waals surface area contributed by atoms with E-state index < -0.39 is 0 Å². The van der Waals surface area contributed by atoms with Crippen molar-refractivity contribution in [2.75, 3.05) is 35.2 Å². The molecule has 3 heterocycles. The summed E-state index contributed by atoms with van der Waals surface area (Å²) in [6, 6.07) is 14.0. The van der Waals surface area contributed by atoms with Gasteiger partial charge in [-0.05, 0) is 80.6 Å². The van der Waals surface area contributed by atoms with Gasteiger partial charge in [0, 0.05) is 54.0 Å². The minimum atomic E-state index is -0.271. The summed E-state index contributed by atoms with van der Waals surface area (Å²) in [6.07, 6.45) is 9.18. The predicted octanol–water partition coefficient (Wildman–Crippen LogP) is 6.77. The van der Waals surface area contributed by atoms with E-state index in [0.717, 1.165) is 92.2 Å². The van der Waals surface area contributed by atoms with Crippen molar-refractivity contribution in [1.82, 2.24) is 19.9 Å². The summed E-state index contributed by atoms with van der Waals surface area (Å²) in [5, 5.41) is 8.51. The fourth-order valence-electron chi connectivity index (χ4n) is 4.56. The van der Waals surface area contributed by atoms with Crippen molar-refractivity contribution in [2.45, 2.75) is 44.9 Å². The van der Waals surface area contributed by atoms with Crippen molar-refractivity contribution in [3.05, 3.63) is 71.4 Å². The summed E-state index contributed by atoms with van der Waals surface area (Å²) < 4.78 is 13.3. The largest absolute Gasteiger partial charge is 0.384 e. The maximum Gasteiger partial charge on any atom is 0.232 e. The Balaban J connectivity index is 1.18. The van der Waals surface area contributed by atoms with Crippen LogP contribution in [0.3, 0.4) is 0 Å². The number of halogens is 2. The molecule has 1 saturated heterocycles. The average Bonchev–Trinajstić information content (AvgIpc) is 2.92. The van der Waals surface area contributed by atoms with Crippen LogP contribution in [0.4, 0.5) is 27.7 Å². The second kappa shape index (κ2) is 12.1. The van der Waals surface area contributed by atoms with E-state index in [2.05, 4.69) is 30.5 Å². The molecular weight excluding hydrogens is 489 g/mol. The van der Waals surface area contributed by atoms with Crippen LogP contribution in [0, 0.1) is 5.82 Å². The van der Waals surface area contributed by atoms with Gasteiger partial charge in [0.1, 0.15) is 11.6 Å². The molecule has 1 aliphatic heterocycles. The summed E-state index contributed by atoms with van der Waals surface area (Å²) in [5.74, 6) is 1.74. The van der Waals surface area contributed by atoms with Gasteiger partial charge in [-0.2, -0.15) is 15.0 Å². The number of nitrogens with zero attached hydrogens (tertiary/aromatic N) is 5. The van der Waals surface area contributed by atoms with Crippen LogP contribution in [-0.4, -0.2) is 39.6 Å². The molecule has 1 aliphatic rings. The van der Waals surface area contributed by atoms with E-state index in [1.807, 2.05) is 24.3 Å². The molecule has 2 aromatic heterocycles. The number of piperidine rings is 1. The number of pyridine rings is 1. The maximum atomic E-state index is 13.3. The minimum absolute atomic E-state index is 0.271. The smallest absolute Gasteiger partial charge is 0.232 e. The lowest BCUT2D eigenvalue weighted by Gasteiger charge is -2.27. The molecule has 7 nitrogen and oxygen atoms in total. The Kier molecular flexibility index (Phi) is 8.25. The van der Waals surface area contributed by atoms with Crippen LogP contribution >= 0.6 is 11.6 Å². The van der Waals surface area contributed by atoms with Crippen molar-refractivity contribution < 1.29 is 4.39 Å². The summed E-state index contributed by atoms with van der Waals surface area (Å²) in [4.78, 5) is 20.8. The molecule has 0 saturated carbocycles. The second-order valence-corrected chi connectivity index (χ2v) is 9.75. The molecule has 0 unspecified atom stereocenters. The number of unbranched alkanes of at least 4 members (excludes halogenated alkanes) is 2. The summed E-state index contributed by atoms with van der Waals surface area (Å²) in [7, 11) is 0. The van der Waals surface area contributed by atoms with E-state index in [1.165, 1.54) is 18.6 Å². The zero-order chi connectivity index (χ0) is 25.5. The molecule has 0 bridgehead atoms. The first kappa shape index (κ1) is 25.1. The molecule has 2 aromatic carbocycles. The highest BCUT2D eigenvalue weighted by Gasteiger charge is 2.16. The normalized spacial score (nSPS) is 13.6. The molecule has 0 radical (unpaired) electrons. The highest BCUT2D eigenvalue weighted by Crippen LogP contribution is 2.25. The van der Waals surface area contributed by atoms with Crippen LogP contribution in [0.2, 0.25) is 5.02 Å². The molecule has 1 fully saturated rings. The first-order chi connectivity index (χ1) is 18.1. The Labute approximate surface area is 221 Å². The van der Waals surface area contributed by atoms with E-state index in [1.54, 1.807) is 18.3 Å². The van der Waals surface area contributed by atoms with Crippen molar-refractivity contribution in [1.29, 1.82) is 0 Å². The first-order valence-corrected chi connectivity index (χ1v) is 13.3. The van der Waals surface area contributed by atoms with Crippen LogP contribution in [0.1, 0.15) is 44.3 Å². The number of hydrogen-bond donors (Lipinski definition) is 2. The van der Waals surface area contributed by atoms with Gasteiger partial charge in [0.2, 0.25) is 11.9 Å². The standard InChI is InChI=1S/C28H31ClFN7/c29-20-8-13-23-24(14-16-32-25(23)19-20)31-15-4-1-3-7-26-34-27(33-22-11-9-21(30)10-12-22)36-28(35-26)37-17-5-2-6-18-37/h8-14,16,19H,1-7,15,17-18H2,(H,31,32)(H,33,34,35,36). The van der Waals surface area contributed by atoms with Gasteiger partial charge in [-0.1, -0.05) is 18.0 Å². The monoisotopic (exact) mass is 519 g/mol. The quantitative estimate of drug-likeness (QED) is 0.224. The van der Waals surface area contributed by atoms with Crippen molar-refractivity contribution in [3.8, 4) is 0 Å². The number of fused-ring (bicyclic) bond motifs is 1. The van der Waals surface area contributed by atoms with Gasteiger partial charge in [0.15, 0.2) is 0 Å². The zero-order valence-corrected chi connectivity index (χ0v) is 21.5. The molecule has 37 heavy (non-hydrogen) atoms. The molecule has 5 rings (SSSR count).